The fourth-order valence-corrected chi connectivity index (χ4v) is 0.545. The van der Waals surface area contributed by atoms with E-state index in [2.05, 4.69) is 0 Å². The van der Waals surface area contributed by atoms with Crippen molar-refractivity contribution in [3.8, 4) is 0 Å². The van der Waals surface area contributed by atoms with E-state index in [0.717, 1.165) is 0 Å². The number of hydrogen-bond donors (Lipinski definition) is 0. The molecule has 0 aliphatic carbocycles. The van der Waals surface area contributed by atoms with Gasteiger partial charge >= 0.3 is 0 Å². The standard InChI is InChI=1S/C4H4F2O2S/c5-1-3(7)9-4(8)2-6/h1-2H2. The summed E-state index contributed by atoms with van der Waals surface area (Å²) in [5.41, 5.74) is 0. The molecule has 0 atom stereocenters. The summed E-state index contributed by atoms with van der Waals surface area (Å²) in [6, 6.07) is 0. The lowest BCUT2D eigenvalue weighted by atomic mass is 10.9. The van der Waals surface area contributed by atoms with Crippen LogP contribution in [0.5, 0.6) is 0 Å². The number of carbonyl (C=O) groups is 2. The highest BCUT2D eigenvalue weighted by Gasteiger charge is 2.08. The van der Waals surface area contributed by atoms with Crippen LogP contribution in [0.4, 0.5) is 8.78 Å². The Morgan fingerprint density at radius 3 is 1.67 bits per heavy atom. The average molecular weight is 154 g/mol. The van der Waals surface area contributed by atoms with E-state index < -0.39 is 23.6 Å². The highest BCUT2D eigenvalue weighted by atomic mass is 32.2. The Morgan fingerprint density at radius 1 is 1.11 bits per heavy atom. The summed E-state index contributed by atoms with van der Waals surface area (Å²) in [4.78, 5) is 20.0. The first-order valence-electron chi connectivity index (χ1n) is 2.06. The topological polar surface area (TPSA) is 34.1 Å². The molecule has 0 aromatic carbocycles. The molecule has 0 aliphatic rings. The van der Waals surface area contributed by atoms with Crippen molar-refractivity contribution in [3.05, 3.63) is 0 Å². The Morgan fingerprint density at radius 2 is 1.44 bits per heavy atom. The van der Waals surface area contributed by atoms with E-state index in [4.69, 9.17) is 0 Å². The van der Waals surface area contributed by atoms with Crippen LogP contribution in [0.25, 0.3) is 0 Å². The SMILES string of the molecule is O=C(CF)SC(=O)CF. The first-order chi connectivity index (χ1) is 4.20. The molecule has 0 bridgehead atoms. The highest BCUT2D eigenvalue weighted by molar-refractivity contribution is 8.26. The third kappa shape index (κ3) is 4.08. The lowest BCUT2D eigenvalue weighted by molar-refractivity contribution is -0.113. The Kier molecular flexibility index (Phi) is 4.21. The van der Waals surface area contributed by atoms with Crippen LogP contribution in [0.2, 0.25) is 0 Å². The number of carbonyl (C=O) groups excluding carboxylic acids is 2. The van der Waals surface area contributed by atoms with Crippen molar-refractivity contribution in [1.29, 1.82) is 0 Å². The van der Waals surface area contributed by atoms with Crippen LogP contribution in [-0.4, -0.2) is 23.6 Å². The maximum absolute atomic E-state index is 11.2. The minimum absolute atomic E-state index is 0.0718. The summed E-state index contributed by atoms with van der Waals surface area (Å²) < 4.78 is 22.5. The Balaban J connectivity index is 3.47. The summed E-state index contributed by atoms with van der Waals surface area (Å²) in [5.74, 6) is 0. The molecule has 0 heterocycles. The monoisotopic (exact) mass is 154 g/mol. The van der Waals surface area contributed by atoms with E-state index in [1.54, 1.807) is 0 Å². The van der Waals surface area contributed by atoms with Crippen LogP contribution in [0.3, 0.4) is 0 Å². The molecule has 0 unspecified atom stereocenters. The average Bonchev–Trinajstić information content (AvgIpc) is 1.87. The zero-order valence-corrected chi connectivity index (χ0v) is 5.21. The minimum Gasteiger partial charge on any atom is -0.284 e. The summed E-state index contributed by atoms with van der Waals surface area (Å²) in [6.07, 6.45) is 0. The van der Waals surface area contributed by atoms with Gasteiger partial charge in [0.15, 0.2) is 13.3 Å². The number of hydrogen-bond acceptors (Lipinski definition) is 3. The van der Waals surface area contributed by atoms with Gasteiger partial charge < -0.3 is 0 Å². The molecule has 9 heavy (non-hydrogen) atoms. The predicted molar refractivity (Wildman–Crippen MR) is 29.6 cm³/mol. The molecule has 5 heteroatoms. The third-order valence-corrected chi connectivity index (χ3v) is 1.12. The van der Waals surface area contributed by atoms with Gasteiger partial charge in [0, 0.05) is 0 Å². The van der Waals surface area contributed by atoms with Gasteiger partial charge in [0.1, 0.15) is 0 Å². The number of alkyl halides is 2. The van der Waals surface area contributed by atoms with Gasteiger partial charge in [0.25, 0.3) is 0 Å². The Hall–Kier alpha value is -0.450. The summed E-state index contributed by atoms with van der Waals surface area (Å²) in [7, 11) is 0. The molecule has 2 nitrogen and oxygen atoms in total. The van der Waals surface area contributed by atoms with Crippen molar-refractivity contribution in [3.63, 3.8) is 0 Å². The van der Waals surface area contributed by atoms with Gasteiger partial charge in [-0.25, -0.2) is 8.78 Å². The van der Waals surface area contributed by atoms with E-state index in [1.165, 1.54) is 0 Å². The van der Waals surface area contributed by atoms with Gasteiger partial charge in [-0.05, 0) is 11.8 Å². The van der Waals surface area contributed by atoms with Crippen LogP contribution in [-0.2, 0) is 9.59 Å². The van der Waals surface area contributed by atoms with Crippen LogP contribution in [0.15, 0.2) is 0 Å². The molecule has 0 saturated carbocycles. The first kappa shape index (κ1) is 8.55. The van der Waals surface area contributed by atoms with Crippen LogP contribution in [0, 0.1) is 0 Å². The summed E-state index contributed by atoms with van der Waals surface area (Å²) in [5, 5.41) is -1.89. The second-order valence-electron chi connectivity index (χ2n) is 1.11. The fraction of sp³-hybridized carbons (Fsp3) is 0.500. The first-order valence-corrected chi connectivity index (χ1v) is 2.87. The summed E-state index contributed by atoms with van der Waals surface area (Å²) >= 11 is 0.0718. The molecule has 52 valence electrons. The number of halogens is 2. The number of thioether (sulfide) groups is 1. The molecule has 0 rings (SSSR count). The van der Waals surface area contributed by atoms with Crippen molar-refractivity contribution in [1.82, 2.24) is 0 Å². The summed E-state index contributed by atoms with van der Waals surface area (Å²) in [6.45, 7) is -2.45. The second kappa shape index (κ2) is 4.43. The third-order valence-electron chi connectivity index (χ3n) is 0.446. The van der Waals surface area contributed by atoms with Crippen LogP contribution >= 0.6 is 11.8 Å². The van der Waals surface area contributed by atoms with Gasteiger partial charge in [-0.3, -0.25) is 9.59 Å². The lowest BCUT2D eigenvalue weighted by Gasteiger charge is -1.87. The molecular formula is C4H4F2O2S. The van der Waals surface area contributed by atoms with Gasteiger partial charge in [-0.2, -0.15) is 0 Å². The van der Waals surface area contributed by atoms with Gasteiger partial charge in [-0.15, -0.1) is 0 Å². The largest absolute Gasteiger partial charge is 0.284 e. The molecular weight excluding hydrogens is 150 g/mol. The molecule has 0 radical (unpaired) electrons. The van der Waals surface area contributed by atoms with E-state index in [9.17, 15) is 18.4 Å². The molecule has 0 amide bonds. The Labute approximate surface area is 54.6 Å². The van der Waals surface area contributed by atoms with Crippen LogP contribution in [0.1, 0.15) is 0 Å². The van der Waals surface area contributed by atoms with Crippen molar-refractivity contribution in [2.75, 3.05) is 13.3 Å². The van der Waals surface area contributed by atoms with Crippen molar-refractivity contribution < 1.29 is 18.4 Å². The van der Waals surface area contributed by atoms with Crippen molar-refractivity contribution in [2.45, 2.75) is 0 Å². The van der Waals surface area contributed by atoms with E-state index >= 15 is 0 Å². The van der Waals surface area contributed by atoms with Gasteiger partial charge in [-0.1, -0.05) is 0 Å². The van der Waals surface area contributed by atoms with Crippen LogP contribution < -0.4 is 0 Å². The second-order valence-corrected chi connectivity index (χ2v) is 2.23. The molecule has 0 aromatic heterocycles. The molecule has 0 saturated heterocycles. The number of rotatable bonds is 2. The van der Waals surface area contributed by atoms with E-state index in [-0.39, 0.29) is 11.8 Å². The maximum atomic E-state index is 11.2. The quantitative estimate of drug-likeness (QED) is 0.587. The van der Waals surface area contributed by atoms with Gasteiger partial charge in [0.2, 0.25) is 10.2 Å². The zero-order valence-electron chi connectivity index (χ0n) is 4.39. The molecule has 0 aromatic rings. The smallest absolute Gasteiger partial charge is 0.227 e. The van der Waals surface area contributed by atoms with Crippen molar-refractivity contribution >= 4 is 22.0 Å². The minimum atomic E-state index is -1.23. The zero-order chi connectivity index (χ0) is 7.28. The van der Waals surface area contributed by atoms with Crippen molar-refractivity contribution in [2.24, 2.45) is 0 Å². The molecule has 0 N–H and O–H groups in total. The lowest BCUT2D eigenvalue weighted by Crippen LogP contribution is -2.01. The van der Waals surface area contributed by atoms with E-state index in [0.29, 0.717) is 0 Å². The Bertz CT molecular complexity index is 112. The predicted octanol–water partition coefficient (Wildman–Crippen LogP) is 0.712. The molecule has 0 fully saturated rings. The maximum Gasteiger partial charge on any atom is 0.227 e. The van der Waals surface area contributed by atoms with Gasteiger partial charge in [0.05, 0.1) is 0 Å². The van der Waals surface area contributed by atoms with E-state index in [1.807, 2.05) is 0 Å². The normalized spacial score (nSPS) is 9.11. The fourth-order valence-electron chi connectivity index (χ4n) is 0.182. The molecule has 0 spiro atoms. The molecule has 0 aliphatic heterocycles. The highest BCUT2D eigenvalue weighted by Crippen LogP contribution is 2.03.